The highest BCUT2D eigenvalue weighted by molar-refractivity contribution is 5.80. The summed E-state index contributed by atoms with van der Waals surface area (Å²) in [6, 6.07) is 0. The van der Waals surface area contributed by atoms with Crippen LogP contribution in [0.3, 0.4) is 0 Å². The first-order chi connectivity index (χ1) is 10.8. The van der Waals surface area contributed by atoms with E-state index in [2.05, 4.69) is 41.3 Å². The number of hydrogen-bond acceptors (Lipinski definition) is 3. The molecule has 1 aliphatic rings. The first kappa shape index (κ1) is 19.7. The Bertz CT molecular complexity index is 396. The fraction of sp³-hybridized carbons (Fsp3) is 0.882. The second kappa shape index (κ2) is 9.11. The molecule has 1 atom stereocenters. The number of piperidine rings is 1. The molecule has 0 spiro atoms. The van der Waals surface area contributed by atoms with E-state index in [9.17, 15) is 4.79 Å². The normalized spacial score (nSPS) is 18.7. The minimum absolute atomic E-state index is 0.0844. The highest BCUT2D eigenvalue weighted by atomic mass is 16.5. The number of guanidine groups is 1. The number of aliphatic imine (C=N–C) groups is 1. The highest BCUT2D eigenvalue weighted by Gasteiger charge is 2.26. The molecule has 2 N–H and O–H groups in total. The summed E-state index contributed by atoms with van der Waals surface area (Å²) in [6.45, 7) is 9.15. The number of hydrogen-bond donors (Lipinski definition) is 2. The first-order valence-electron chi connectivity index (χ1n) is 8.50. The van der Waals surface area contributed by atoms with E-state index in [1.807, 2.05) is 7.05 Å². The van der Waals surface area contributed by atoms with Crippen LogP contribution in [0.1, 0.15) is 40.0 Å². The van der Waals surface area contributed by atoms with E-state index in [1.54, 1.807) is 14.2 Å². The van der Waals surface area contributed by atoms with Crippen molar-refractivity contribution in [1.82, 2.24) is 15.5 Å². The smallest absolute Gasteiger partial charge is 0.220 e. The van der Waals surface area contributed by atoms with Crippen molar-refractivity contribution in [2.45, 2.75) is 46.1 Å². The number of nitrogens with one attached hydrogen (secondary N) is 2. The SMILES string of the molecule is CN=C(NCC(OC)C(C)(C)C)N1CCC(CC(=O)NC)CC1. The summed E-state index contributed by atoms with van der Waals surface area (Å²) in [7, 11) is 5.27. The van der Waals surface area contributed by atoms with E-state index in [0.29, 0.717) is 12.3 Å². The molecular weight excluding hydrogens is 292 g/mol. The molecule has 6 heteroatoms. The van der Waals surface area contributed by atoms with Crippen molar-refractivity contribution >= 4 is 11.9 Å². The predicted molar refractivity (Wildman–Crippen MR) is 94.6 cm³/mol. The number of likely N-dealkylation sites (tertiary alicyclic amines) is 1. The molecule has 1 saturated heterocycles. The van der Waals surface area contributed by atoms with Gasteiger partial charge in [0, 0.05) is 47.3 Å². The molecule has 1 heterocycles. The van der Waals surface area contributed by atoms with E-state index in [4.69, 9.17) is 4.74 Å². The maximum atomic E-state index is 11.5. The van der Waals surface area contributed by atoms with Gasteiger partial charge in [0.15, 0.2) is 5.96 Å². The fourth-order valence-corrected chi connectivity index (χ4v) is 2.97. The van der Waals surface area contributed by atoms with Crippen LogP contribution in [0, 0.1) is 11.3 Å². The number of rotatable bonds is 5. The molecule has 1 aliphatic heterocycles. The Morgan fingerprint density at radius 3 is 2.39 bits per heavy atom. The molecule has 0 aliphatic carbocycles. The van der Waals surface area contributed by atoms with Crippen LogP contribution in [0.5, 0.6) is 0 Å². The topological polar surface area (TPSA) is 66.0 Å². The molecule has 1 unspecified atom stereocenters. The van der Waals surface area contributed by atoms with E-state index < -0.39 is 0 Å². The molecular formula is C17H34N4O2. The zero-order chi connectivity index (χ0) is 17.5. The van der Waals surface area contributed by atoms with Crippen LogP contribution in [0.15, 0.2) is 4.99 Å². The minimum atomic E-state index is 0.0844. The summed E-state index contributed by atoms with van der Waals surface area (Å²) in [4.78, 5) is 18.2. The van der Waals surface area contributed by atoms with Crippen LogP contribution in [-0.2, 0) is 9.53 Å². The Morgan fingerprint density at radius 1 is 1.35 bits per heavy atom. The maximum Gasteiger partial charge on any atom is 0.220 e. The maximum absolute atomic E-state index is 11.5. The van der Waals surface area contributed by atoms with Crippen molar-refractivity contribution in [3.63, 3.8) is 0 Å². The van der Waals surface area contributed by atoms with Gasteiger partial charge in [-0.25, -0.2) is 0 Å². The highest BCUT2D eigenvalue weighted by Crippen LogP contribution is 2.22. The molecule has 0 aromatic rings. The lowest BCUT2D eigenvalue weighted by Crippen LogP contribution is -2.49. The quantitative estimate of drug-likeness (QED) is 0.593. The lowest BCUT2D eigenvalue weighted by atomic mass is 9.89. The number of carbonyl (C=O) groups is 1. The number of carbonyl (C=O) groups excluding carboxylic acids is 1. The lowest BCUT2D eigenvalue weighted by Gasteiger charge is -2.36. The molecule has 1 fully saturated rings. The molecule has 1 amide bonds. The van der Waals surface area contributed by atoms with Crippen molar-refractivity contribution in [3.05, 3.63) is 0 Å². The zero-order valence-electron chi connectivity index (χ0n) is 15.6. The van der Waals surface area contributed by atoms with Gasteiger partial charge in [-0.2, -0.15) is 0 Å². The average molecular weight is 326 g/mol. The van der Waals surface area contributed by atoms with E-state index in [0.717, 1.165) is 38.4 Å². The monoisotopic (exact) mass is 326 g/mol. The van der Waals surface area contributed by atoms with Gasteiger partial charge in [-0.3, -0.25) is 9.79 Å². The van der Waals surface area contributed by atoms with Crippen molar-refractivity contribution in [1.29, 1.82) is 0 Å². The van der Waals surface area contributed by atoms with Crippen molar-refractivity contribution in [3.8, 4) is 0 Å². The minimum Gasteiger partial charge on any atom is -0.379 e. The van der Waals surface area contributed by atoms with Crippen molar-refractivity contribution in [2.75, 3.05) is 40.8 Å². The number of nitrogens with zero attached hydrogens (tertiary/aromatic N) is 2. The summed E-state index contributed by atoms with van der Waals surface area (Å²) < 4.78 is 5.59. The molecule has 0 aromatic heterocycles. The van der Waals surface area contributed by atoms with Gasteiger partial charge in [-0.05, 0) is 24.2 Å². The van der Waals surface area contributed by atoms with Gasteiger partial charge < -0.3 is 20.3 Å². The summed E-state index contributed by atoms with van der Waals surface area (Å²) in [5, 5.41) is 6.14. The number of methoxy groups -OCH3 is 1. The van der Waals surface area contributed by atoms with Crippen molar-refractivity contribution < 1.29 is 9.53 Å². The molecule has 0 bridgehead atoms. The largest absolute Gasteiger partial charge is 0.379 e. The van der Waals surface area contributed by atoms with Crippen LogP contribution in [0.4, 0.5) is 0 Å². The molecule has 0 aromatic carbocycles. The van der Waals surface area contributed by atoms with Crippen LogP contribution in [0.2, 0.25) is 0 Å². The Morgan fingerprint density at radius 2 is 1.96 bits per heavy atom. The molecule has 0 saturated carbocycles. The summed E-state index contributed by atoms with van der Waals surface area (Å²) in [6.07, 6.45) is 2.82. The molecule has 23 heavy (non-hydrogen) atoms. The first-order valence-corrected chi connectivity index (χ1v) is 8.50. The van der Waals surface area contributed by atoms with Gasteiger partial charge in [0.25, 0.3) is 0 Å². The summed E-state index contributed by atoms with van der Waals surface area (Å²) in [5.41, 5.74) is 0.0844. The van der Waals surface area contributed by atoms with Crippen LogP contribution in [0.25, 0.3) is 0 Å². The third kappa shape index (κ3) is 6.37. The summed E-state index contributed by atoms with van der Waals surface area (Å²) in [5.74, 6) is 1.54. The summed E-state index contributed by atoms with van der Waals surface area (Å²) >= 11 is 0. The molecule has 1 rings (SSSR count). The van der Waals surface area contributed by atoms with E-state index in [1.165, 1.54) is 0 Å². The molecule has 134 valence electrons. The third-order valence-corrected chi connectivity index (χ3v) is 4.57. The molecule has 0 radical (unpaired) electrons. The predicted octanol–water partition coefficient (Wildman–Crippen LogP) is 1.47. The number of amides is 1. The van der Waals surface area contributed by atoms with Gasteiger partial charge in [-0.1, -0.05) is 20.8 Å². The zero-order valence-corrected chi connectivity index (χ0v) is 15.6. The Balaban J connectivity index is 2.47. The van der Waals surface area contributed by atoms with Gasteiger partial charge in [0.05, 0.1) is 6.10 Å². The average Bonchev–Trinajstić information content (AvgIpc) is 2.51. The van der Waals surface area contributed by atoms with Crippen LogP contribution >= 0.6 is 0 Å². The fourth-order valence-electron chi connectivity index (χ4n) is 2.97. The number of ether oxygens (including phenoxy) is 1. The Kier molecular flexibility index (Phi) is 7.82. The van der Waals surface area contributed by atoms with Gasteiger partial charge >= 0.3 is 0 Å². The lowest BCUT2D eigenvalue weighted by molar-refractivity contribution is -0.121. The van der Waals surface area contributed by atoms with Crippen LogP contribution in [-0.4, -0.2) is 63.7 Å². The Hall–Kier alpha value is -1.30. The van der Waals surface area contributed by atoms with Crippen LogP contribution < -0.4 is 10.6 Å². The van der Waals surface area contributed by atoms with Gasteiger partial charge in [0.2, 0.25) is 5.91 Å². The molecule has 6 nitrogen and oxygen atoms in total. The third-order valence-electron chi connectivity index (χ3n) is 4.57. The standard InChI is InChI=1S/C17H34N4O2/c1-17(2,3)14(23-6)12-20-16(19-5)21-9-7-13(8-10-21)11-15(22)18-4/h13-14H,7-12H2,1-6H3,(H,18,22)(H,19,20). The second-order valence-corrected chi connectivity index (χ2v) is 7.33. The van der Waals surface area contributed by atoms with Crippen molar-refractivity contribution in [2.24, 2.45) is 16.3 Å². The second-order valence-electron chi connectivity index (χ2n) is 7.33. The van der Waals surface area contributed by atoms with Gasteiger partial charge in [-0.15, -0.1) is 0 Å². The van der Waals surface area contributed by atoms with E-state index in [-0.39, 0.29) is 17.4 Å². The van der Waals surface area contributed by atoms with Gasteiger partial charge in [0.1, 0.15) is 0 Å². The van der Waals surface area contributed by atoms with E-state index >= 15 is 0 Å². The Labute approximate surface area is 141 Å².